The van der Waals surface area contributed by atoms with Crippen molar-refractivity contribution in [3.05, 3.63) is 29.8 Å². The van der Waals surface area contributed by atoms with Crippen LogP contribution in [0.5, 0.6) is 0 Å². The first-order valence-electron chi connectivity index (χ1n) is 4.21. The lowest BCUT2D eigenvalue weighted by Gasteiger charge is -2.07. The highest BCUT2D eigenvalue weighted by Gasteiger charge is 2.27. The number of hydrogen-bond acceptors (Lipinski definition) is 3. The van der Waals surface area contributed by atoms with Crippen LogP contribution in [0.1, 0.15) is 5.56 Å². The van der Waals surface area contributed by atoms with Crippen molar-refractivity contribution in [3.8, 4) is 0 Å². The minimum Gasteiger partial charge on any atom is -0.270 e. The molecule has 0 aliphatic heterocycles. The maximum Gasteiger partial charge on any atom is 0.393 e. The van der Waals surface area contributed by atoms with Gasteiger partial charge in [0.1, 0.15) is 0 Å². The molecule has 0 aliphatic rings. The van der Waals surface area contributed by atoms with Gasteiger partial charge >= 0.3 is 6.18 Å². The number of alkyl halides is 3. The van der Waals surface area contributed by atoms with Gasteiger partial charge in [-0.05, 0) is 17.7 Å². The van der Waals surface area contributed by atoms with Crippen molar-refractivity contribution in [3.63, 3.8) is 0 Å². The Morgan fingerprint density at radius 3 is 2.06 bits per heavy atom. The fraction of sp³-hybridized carbons (Fsp3) is 0.333. The quantitative estimate of drug-likeness (QED) is 0.776. The largest absolute Gasteiger partial charge is 0.393 e. The molecule has 0 aliphatic carbocycles. The van der Waals surface area contributed by atoms with Crippen molar-refractivity contribution in [2.75, 3.05) is 7.11 Å². The normalized spacial score (nSPS) is 12.8. The Morgan fingerprint density at radius 2 is 1.69 bits per heavy atom. The number of rotatable bonds is 3. The SMILES string of the molecule is COS(=O)(=O)c1ccc(CC(F)(F)F)cc1. The molecule has 0 unspecified atom stereocenters. The van der Waals surface area contributed by atoms with E-state index in [0.717, 1.165) is 31.4 Å². The summed E-state index contributed by atoms with van der Waals surface area (Å²) in [4.78, 5) is -0.166. The van der Waals surface area contributed by atoms with Gasteiger partial charge in [0.25, 0.3) is 10.1 Å². The van der Waals surface area contributed by atoms with Gasteiger partial charge in [-0.15, -0.1) is 0 Å². The Hall–Kier alpha value is -1.08. The lowest BCUT2D eigenvalue weighted by atomic mass is 10.1. The molecule has 0 saturated carbocycles. The number of benzene rings is 1. The Balaban J connectivity index is 2.93. The summed E-state index contributed by atoms with van der Waals surface area (Å²) in [6.07, 6.45) is -5.39. The molecule has 7 heteroatoms. The van der Waals surface area contributed by atoms with Crippen LogP contribution < -0.4 is 0 Å². The van der Waals surface area contributed by atoms with E-state index in [1.54, 1.807) is 0 Å². The first kappa shape index (κ1) is 13.0. The van der Waals surface area contributed by atoms with E-state index in [4.69, 9.17) is 0 Å². The van der Waals surface area contributed by atoms with E-state index in [-0.39, 0.29) is 10.5 Å². The first-order valence-corrected chi connectivity index (χ1v) is 5.62. The topological polar surface area (TPSA) is 43.4 Å². The van der Waals surface area contributed by atoms with Gasteiger partial charge < -0.3 is 0 Å². The molecule has 0 spiro atoms. The van der Waals surface area contributed by atoms with Crippen molar-refractivity contribution >= 4 is 10.1 Å². The summed E-state index contributed by atoms with van der Waals surface area (Å²) in [5, 5.41) is 0. The van der Waals surface area contributed by atoms with E-state index in [0.29, 0.717) is 0 Å². The van der Waals surface area contributed by atoms with E-state index in [9.17, 15) is 21.6 Å². The summed E-state index contributed by atoms with van der Waals surface area (Å²) in [7, 11) is -2.85. The fourth-order valence-corrected chi connectivity index (χ4v) is 1.76. The molecule has 0 bridgehead atoms. The molecule has 1 aromatic carbocycles. The molecule has 0 amide bonds. The van der Waals surface area contributed by atoms with Crippen LogP contribution in [0.3, 0.4) is 0 Å². The molecule has 0 saturated heterocycles. The van der Waals surface area contributed by atoms with Gasteiger partial charge in [0, 0.05) is 0 Å². The molecule has 0 heterocycles. The zero-order valence-electron chi connectivity index (χ0n) is 8.28. The predicted molar refractivity (Wildman–Crippen MR) is 50.4 cm³/mol. The minimum atomic E-state index is -4.30. The van der Waals surface area contributed by atoms with E-state index in [1.807, 2.05) is 0 Å². The Labute approximate surface area is 91.0 Å². The molecule has 16 heavy (non-hydrogen) atoms. The third-order valence-corrected chi connectivity index (χ3v) is 3.12. The summed E-state index contributed by atoms with van der Waals surface area (Å²) < 4.78 is 62.5. The first-order chi connectivity index (χ1) is 7.24. The summed E-state index contributed by atoms with van der Waals surface area (Å²) in [6.45, 7) is 0. The lowest BCUT2D eigenvalue weighted by molar-refractivity contribution is -0.127. The van der Waals surface area contributed by atoms with Gasteiger partial charge in [0.2, 0.25) is 0 Å². The van der Waals surface area contributed by atoms with E-state index >= 15 is 0 Å². The van der Waals surface area contributed by atoms with E-state index in [2.05, 4.69) is 4.18 Å². The van der Waals surface area contributed by atoms with Gasteiger partial charge in [-0.2, -0.15) is 21.6 Å². The average Bonchev–Trinajstić information content (AvgIpc) is 2.16. The Morgan fingerprint density at radius 1 is 1.19 bits per heavy atom. The molecule has 0 atom stereocenters. The zero-order valence-corrected chi connectivity index (χ0v) is 9.10. The van der Waals surface area contributed by atoms with Gasteiger partial charge in [0.05, 0.1) is 18.4 Å². The molecule has 1 aromatic rings. The van der Waals surface area contributed by atoms with Crippen LogP contribution in [0.25, 0.3) is 0 Å². The van der Waals surface area contributed by atoms with Crippen LogP contribution in [0.4, 0.5) is 13.2 Å². The molecule has 90 valence electrons. The van der Waals surface area contributed by atoms with Crippen LogP contribution in [0.2, 0.25) is 0 Å². The maximum absolute atomic E-state index is 12.0. The molecular weight excluding hydrogens is 245 g/mol. The van der Waals surface area contributed by atoms with Crippen molar-refractivity contribution in [2.24, 2.45) is 0 Å². The molecule has 1 rings (SSSR count). The van der Waals surface area contributed by atoms with Crippen LogP contribution >= 0.6 is 0 Å². The van der Waals surface area contributed by atoms with Crippen LogP contribution in [-0.4, -0.2) is 21.7 Å². The molecule has 0 aromatic heterocycles. The second-order valence-electron chi connectivity index (χ2n) is 3.06. The van der Waals surface area contributed by atoms with Crippen LogP contribution in [-0.2, 0) is 20.7 Å². The fourth-order valence-electron chi connectivity index (χ4n) is 1.10. The highest BCUT2D eigenvalue weighted by atomic mass is 32.2. The second-order valence-corrected chi connectivity index (χ2v) is 4.77. The van der Waals surface area contributed by atoms with E-state index in [1.165, 1.54) is 0 Å². The Kier molecular flexibility index (Phi) is 3.59. The third-order valence-electron chi connectivity index (χ3n) is 1.84. The Bertz CT molecular complexity index is 448. The van der Waals surface area contributed by atoms with Crippen molar-refractivity contribution < 1.29 is 25.8 Å². The summed E-state index contributed by atoms with van der Waals surface area (Å²) >= 11 is 0. The number of hydrogen-bond donors (Lipinski definition) is 0. The minimum absolute atomic E-state index is 0.00236. The van der Waals surface area contributed by atoms with E-state index < -0.39 is 22.7 Å². The summed E-state index contributed by atoms with van der Waals surface area (Å²) in [5.41, 5.74) is 0.00236. The summed E-state index contributed by atoms with van der Waals surface area (Å²) in [6, 6.07) is 4.39. The highest BCUT2D eigenvalue weighted by molar-refractivity contribution is 7.86. The molecule has 3 nitrogen and oxygen atoms in total. The molecular formula is C9H9F3O3S. The number of halogens is 3. The second kappa shape index (κ2) is 4.42. The molecule has 0 radical (unpaired) electrons. The smallest absolute Gasteiger partial charge is 0.270 e. The van der Waals surface area contributed by atoms with Crippen LogP contribution in [0.15, 0.2) is 29.2 Å². The molecule has 0 fully saturated rings. The summed E-state index contributed by atoms with van der Waals surface area (Å²) in [5.74, 6) is 0. The van der Waals surface area contributed by atoms with Gasteiger partial charge in [-0.1, -0.05) is 12.1 Å². The van der Waals surface area contributed by atoms with Crippen LogP contribution in [0, 0.1) is 0 Å². The standard InChI is InChI=1S/C9H9F3O3S/c1-15-16(13,14)8-4-2-7(3-5-8)6-9(10,11)12/h2-5H,6H2,1H3. The van der Waals surface area contributed by atoms with Crippen molar-refractivity contribution in [1.82, 2.24) is 0 Å². The van der Waals surface area contributed by atoms with Gasteiger partial charge in [-0.3, -0.25) is 4.18 Å². The van der Waals surface area contributed by atoms with Gasteiger partial charge in [0.15, 0.2) is 0 Å². The zero-order chi connectivity index (χ0) is 12.4. The molecule has 0 N–H and O–H groups in total. The van der Waals surface area contributed by atoms with Crippen molar-refractivity contribution in [2.45, 2.75) is 17.5 Å². The maximum atomic E-state index is 12.0. The highest BCUT2D eigenvalue weighted by Crippen LogP contribution is 2.22. The average molecular weight is 254 g/mol. The van der Waals surface area contributed by atoms with Gasteiger partial charge in [-0.25, -0.2) is 0 Å². The monoisotopic (exact) mass is 254 g/mol. The van der Waals surface area contributed by atoms with Crippen molar-refractivity contribution in [1.29, 1.82) is 0 Å². The predicted octanol–water partition coefficient (Wildman–Crippen LogP) is 2.13. The lowest BCUT2D eigenvalue weighted by Crippen LogP contribution is -2.11. The third kappa shape index (κ3) is 3.49.